The van der Waals surface area contributed by atoms with Crippen LogP contribution in [-0.2, 0) is 4.79 Å². The Hall–Kier alpha value is -2.64. The number of urea groups is 1. The largest absolute Gasteiger partial charge is 0.474 e. The Labute approximate surface area is 181 Å². The number of carbonyl (C=O) groups is 3. The molecule has 5 rings (SSSR count). The number of hydrogen-bond acceptors (Lipinski definition) is 5. The molecule has 4 aliphatic rings. The minimum atomic E-state index is -0.554. The third kappa shape index (κ3) is 3.77. The highest BCUT2D eigenvalue weighted by molar-refractivity contribution is 6.04. The number of ether oxygens (including phenoxy) is 1. The van der Waals surface area contributed by atoms with Crippen molar-refractivity contribution in [3.8, 4) is 5.88 Å². The summed E-state index contributed by atoms with van der Waals surface area (Å²) >= 11 is 0. The van der Waals surface area contributed by atoms with Crippen LogP contribution in [0.4, 0.5) is 4.79 Å². The van der Waals surface area contributed by atoms with Crippen LogP contribution >= 0.6 is 0 Å². The normalized spacial score (nSPS) is 33.0. The quantitative estimate of drug-likeness (QED) is 0.679. The van der Waals surface area contributed by atoms with E-state index in [9.17, 15) is 14.4 Å². The minimum absolute atomic E-state index is 0.0131. The Bertz CT molecular complexity index is 883. The molecule has 166 valence electrons. The van der Waals surface area contributed by atoms with Gasteiger partial charge in [-0.05, 0) is 55.6 Å². The molecule has 31 heavy (non-hydrogen) atoms. The van der Waals surface area contributed by atoms with Crippen LogP contribution in [0.1, 0.15) is 74.6 Å². The van der Waals surface area contributed by atoms with Gasteiger partial charge in [0.25, 0.3) is 11.8 Å². The molecule has 8 heteroatoms. The van der Waals surface area contributed by atoms with Crippen molar-refractivity contribution in [3.05, 3.63) is 23.9 Å². The van der Waals surface area contributed by atoms with Gasteiger partial charge in [0.2, 0.25) is 5.88 Å². The van der Waals surface area contributed by atoms with Crippen LogP contribution in [0.25, 0.3) is 0 Å². The van der Waals surface area contributed by atoms with Crippen molar-refractivity contribution in [2.45, 2.75) is 82.4 Å². The van der Waals surface area contributed by atoms with Gasteiger partial charge in [0.1, 0.15) is 17.7 Å². The average Bonchev–Trinajstić information content (AvgIpc) is 2.97. The molecular formula is C23H30N4O4. The van der Waals surface area contributed by atoms with E-state index in [1.54, 1.807) is 18.3 Å². The van der Waals surface area contributed by atoms with Gasteiger partial charge in [0.15, 0.2) is 0 Å². The minimum Gasteiger partial charge on any atom is -0.474 e. The van der Waals surface area contributed by atoms with Crippen molar-refractivity contribution < 1.29 is 19.1 Å². The Kier molecular flexibility index (Phi) is 5.10. The van der Waals surface area contributed by atoms with Crippen molar-refractivity contribution >= 4 is 17.8 Å². The second-order valence-electron chi connectivity index (χ2n) is 9.88. The lowest BCUT2D eigenvalue weighted by Gasteiger charge is -2.58. The molecule has 0 radical (unpaired) electrons. The highest BCUT2D eigenvalue weighted by atomic mass is 16.5. The third-order valence-corrected chi connectivity index (χ3v) is 7.68. The molecular weight excluding hydrogens is 396 g/mol. The number of aromatic nitrogens is 1. The molecule has 8 nitrogen and oxygen atoms in total. The summed E-state index contributed by atoms with van der Waals surface area (Å²) in [6.45, 7) is 0. The van der Waals surface area contributed by atoms with Gasteiger partial charge < -0.3 is 15.8 Å². The van der Waals surface area contributed by atoms with Crippen LogP contribution in [0.3, 0.4) is 0 Å². The fraction of sp³-hybridized carbons (Fsp3) is 0.652. The molecule has 4 amide bonds. The first-order chi connectivity index (χ1) is 14.9. The summed E-state index contributed by atoms with van der Waals surface area (Å²) in [4.78, 5) is 42.6. The number of nitrogens with zero attached hydrogens (tertiary/aromatic N) is 2. The molecule has 1 aromatic heterocycles. The third-order valence-electron chi connectivity index (χ3n) is 7.68. The molecule has 1 atom stereocenters. The van der Waals surface area contributed by atoms with E-state index in [2.05, 4.69) is 10.3 Å². The lowest BCUT2D eigenvalue weighted by Crippen LogP contribution is -2.60. The Balaban J connectivity index is 1.13. The van der Waals surface area contributed by atoms with Crippen LogP contribution in [0.15, 0.2) is 18.3 Å². The molecule has 3 saturated carbocycles. The van der Waals surface area contributed by atoms with E-state index < -0.39 is 5.91 Å². The van der Waals surface area contributed by atoms with Crippen LogP contribution < -0.4 is 15.8 Å². The van der Waals surface area contributed by atoms with Gasteiger partial charge in [-0.1, -0.05) is 32.1 Å². The lowest BCUT2D eigenvalue weighted by atomic mass is 9.52. The van der Waals surface area contributed by atoms with E-state index in [1.807, 2.05) is 0 Å². The highest BCUT2D eigenvalue weighted by Crippen LogP contribution is 2.58. The van der Waals surface area contributed by atoms with E-state index in [-0.39, 0.29) is 41.4 Å². The predicted octanol–water partition coefficient (Wildman–Crippen LogP) is 2.76. The van der Waals surface area contributed by atoms with Gasteiger partial charge >= 0.3 is 6.03 Å². The van der Waals surface area contributed by atoms with Gasteiger partial charge in [0, 0.05) is 12.2 Å². The summed E-state index contributed by atoms with van der Waals surface area (Å²) in [6, 6.07) is 2.68. The van der Waals surface area contributed by atoms with Crippen molar-refractivity contribution in [1.82, 2.24) is 15.2 Å². The Morgan fingerprint density at radius 1 is 1.19 bits per heavy atom. The van der Waals surface area contributed by atoms with Crippen molar-refractivity contribution in [3.63, 3.8) is 0 Å². The molecule has 3 N–H and O–H groups in total. The average molecular weight is 427 g/mol. The topological polar surface area (TPSA) is 115 Å². The van der Waals surface area contributed by atoms with E-state index in [4.69, 9.17) is 10.5 Å². The van der Waals surface area contributed by atoms with E-state index >= 15 is 0 Å². The maximum absolute atomic E-state index is 12.9. The Morgan fingerprint density at radius 2 is 1.94 bits per heavy atom. The monoisotopic (exact) mass is 426 g/mol. The SMILES string of the molecule is NC(=O)c1cccnc1OC1CC2(C1)CC(N1C(=O)NC(CC3CCCCC3)C1=O)C2. The second kappa shape index (κ2) is 7.80. The predicted molar refractivity (Wildman–Crippen MR) is 112 cm³/mol. The summed E-state index contributed by atoms with van der Waals surface area (Å²) < 4.78 is 5.91. The molecule has 2 heterocycles. The van der Waals surface area contributed by atoms with Gasteiger partial charge in [-0.3, -0.25) is 14.5 Å². The molecule has 1 saturated heterocycles. The zero-order valence-corrected chi connectivity index (χ0v) is 17.7. The molecule has 3 aliphatic carbocycles. The van der Waals surface area contributed by atoms with Crippen molar-refractivity contribution in [1.29, 1.82) is 0 Å². The molecule has 0 bridgehead atoms. The fourth-order valence-electron chi connectivity index (χ4n) is 6.09. The summed E-state index contributed by atoms with van der Waals surface area (Å²) in [6.07, 6.45) is 11.8. The molecule has 1 unspecified atom stereocenters. The summed E-state index contributed by atoms with van der Waals surface area (Å²) in [7, 11) is 0. The van der Waals surface area contributed by atoms with Crippen LogP contribution in [-0.4, -0.2) is 45.9 Å². The first-order valence-corrected chi connectivity index (χ1v) is 11.5. The number of nitrogens with one attached hydrogen (secondary N) is 1. The van der Waals surface area contributed by atoms with Crippen LogP contribution in [0.5, 0.6) is 5.88 Å². The zero-order chi connectivity index (χ0) is 21.6. The zero-order valence-electron chi connectivity index (χ0n) is 17.7. The highest BCUT2D eigenvalue weighted by Gasteiger charge is 2.58. The van der Waals surface area contributed by atoms with Gasteiger partial charge in [-0.25, -0.2) is 9.78 Å². The first-order valence-electron chi connectivity index (χ1n) is 11.5. The lowest BCUT2D eigenvalue weighted by molar-refractivity contribution is -0.141. The fourth-order valence-corrected chi connectivity index (χ4v) is 6.09. The standard InChI is InChI=1S/C23H30N4O4/c24-19(28)17-7-4-8-25-20(17)31-16-12-23(13-16)10-15(11-23)27-21(29)18(26-22(27)30)9-14-5-2-1-3-6-14/h4,7-8,14-16,18H,1-3,5-6,9-13H2,(H2,24,28)(H,26,30). The molecule has 0 aromatic carbocycles. The number of nitrogens with two attached hydrogens (primary N) is 1. The van der Waals surface area contributed by atoms with Gasteiger partial charge in [-0.15, -0.1) is 0 Å². The number of primary amides is 1. The van der Waals surface area contributed by atoms with Crippen molar-refractivity contribution in [2.24, 2.45) is 17.1 Å². The first kappa shape index (κ1) is 20.3. The maximum atomic E-state index is 12.9. The second-order valence-corrected chi connectivity index (χ2v) is 9.88. The van der Waals surface area contributed by atoms with Crippen LogP contribution in [0, 0.1) is 11.3 Å². The summed E-state index contributed by atoms with van der Waals surface area (Å²) in [5.74, 6) is 0.242. The smallest absolute Gasteiger partial charge is 0.325 e. The number of rotatable bonds is 6. The number of imide groups is 1. The van der Waals surface area contributed by atoms with E-state index in [1.165, 1.54) is 37.0 Å². The number of carbonyl (C=O) groups excluding carboxylic acids is 3. The molecule has 1 aliphatic heterocycles. The van der Waals surface area contributed by atoms with Crippen LogP contribution in [0.2, 0.25) is 0 Å². The maximum Gasteiger partial charge on any atom is 0.325 e. The number of pyridine rings is 1. The van der Waals surface area contributed by atoms with Gasteiger partial charge in [0.05, 0.1) is 0 Å². The van der Waals surface area contributed by atoms with Gasteiger partial charge in [-0.2, -0.15) is 0 Å². The van der Waals surface area contributed by atoms with E-state index in [0.29, 0.717) is 11.5 Å². The summed E-state index contributed by atoms with van der Waals surface area (Å²) in [5, 5.41) is 2.93. The number of hydrogen-bond donors (Lipinski definition) is 2. The summed E-state index contributed by atoms with van der Waals surface area (Å²) in [5.41, 5.74) is 5.80. The molecule has 1 aromatic rings. The Morgan fingerprint density at radius 3 is 2.65 bits per heavy atom. The van der Waals surface area contributed by atoms with E-state index in [0.717, 1.165) is 32.1 Å². The molecule has 4 fully saturated rings. The van der Waals surface area contributed by atoms with Crippen molar-refractivity contribution in [2.75, 3.05) is 0 Å². The molecule has 1 spiro atoms. The number of amides is 4.